The van der Waals surface area contributed by atoms with Crippen LogP contribution in [0.15, 0.2) is 27.8 Å². The molecule has 9 heteroatoms. The zero-order chi connectivity index (χ0) is 16.1. The second-order valence-electron chi connectivity index (χ2n) is 4.25. The van der Waals surface area contributed by atoms with Gasteiger partial charge in [0.1, 0.15) is 0 Å². The molecular weight excluding hydrogens is 365 g/mol. The molecule has 1 heterocycles. The van der Waals surface area contributed by atoms with Crippen molar-refractivity contribution >= 4 is 58.3 Å². The van der Waals surface area contributed by atoms with Gasteiger partial charge < -0.3 is 9.73 Å². The van der Waals surface area contributed by atoms with Crippen molar-refractivity contribution < 1.29 is 9.21 Å². The largest absolute Gasteiger partial charge is 0.415 e. The monoisotopic (exact) mass is 377 g/mol. The molecule has 0 radical (unpaired) electrons. The van der Waals surface area contributed by atoms with Crippen molar-refractivity contribution in [2.45, 2.75) is 23.1 Å². The van der Waals surface area contributed by atoms with Gasteiger partial charge >= 0.3 is 0 Å². The maximum Gasteiger partial charge on any atom is 0.277 e. The summed E-state index contributed by atoms with van der Waals surface area (Å²) in [5.74, 6) is 0.964. The van der Waals surface area contributed by atoms with Crippen LogP contribution in [0.25, 0.3) is 0 Å². The van der Waals surface area contributed by atoms with Crippen LogP contribution in [-0.2, 0) is 10.5 Å². The minimum Gasteiger partial charge on any atom is -0.415 e. The Morgan fingerprint density at radius 2 is 2.18 bits per heavy atom. The highest BCUT2D eigenvalue weighted by Gasteiger charge is 2.19. The number of aromatic nitrogens is 2. The van der Waals surface area contributed by atoms with Gasteiger partial charge in [-0.2, -0.15) is 11.8 Å². The first-order chi connectivity index (χ1) is 10.5. The maximum atomic E-state index is 12.2. The number of carbonyl (C=O) groups excluding carboxylic acids is 1. The Morgan fingerprint density at radius 1 is 1.41 bits per heavy atom. The second kappa shape index (κ2) is 8.10. The summed E-state index contributed by atoms with van der Waals surface area (Å²) in [7, 11) is 0. The number of halogens is 2. The molecule has 0 bridgehead atoms. The molecule has 1 N–H and O–H groups in total. The molecule has 118 valence electrons. The number of nitrogens with one attached hydrogen (secondary N) is 1. The van der Waals surface area contributed by atoms with E-state index in [1.54, 1.807) is 36.9 Å². The molecule has 0 fully saturated rings. The summed E-state index contributed by atoms with van der Waals surface area (Å²) in [6.07, 6.45) is 1.95. The first-order valence-corrected chi connectivity index (χ1v) is 9.27. The van der Waals surface area contributed by atoms with Crippen molar-refractivity contribution in [3.8, 4) is 0 Å². The van der Waals surface area contributed by atoms with Gasteiger partial charge in [-0.25, -0.2) is 0 Å². The Kier molecular flexibility index (Phi) is 6.43. The Balaban J connectivity index is 1.98. The number of thioether (sulfide) groups is 2. The van der Waals surface area contributed by atoms with E-state index in [0.717, 1.165) is 0 Å². The lowest BCUT2D eigenvalue weighted by Crippen LogP contribution is -2.22. The normalized spacial score (nSPS) is 12.2. The fraction of sp³-hybridized carbons (Fsp3) is 0.308. The van der Waals surface area contributed by atoms with Crippen LogP contribution in [0.1, 0.15) is 12.8 Å². The third-order valence-electron chi connectivity index (χ3n) is 2.57. The molecular formula is C13H13Cl2N3O2S2. The molecule has 1 amide bonds. The summed E-state index contributed by atoms with van der Waals surface area (Å²) in [5, 5.41) is 11.2. The van der Waals surface area contributed by atoms with Crippen LogP contribution in [0.5, 0.6) is 0 Å². The first-order valence-electron chi connectivity index (χ1n) is 6.24. The van der Waals surface area contributed by atoms with Gasteiger partial charge in [0, 0.05) is 0 Å². The van der Waals surface area contributed by atoms with Gasteiger partial charge in [0.05, 0.1) is 26.7 Å². The predicted octanol–water partition coefficient (Wildman–Crippen LogP) is 4.36. The number of amides is 1. The highest BCUT2D eigenvalue weighted by atomic mass is 35.5. The number of hydrogen-bond donors (Lipinski definition) is 1. The summed E-state index contributed by atoms with van der Waals surface area (Å²) in [5.41, 5.74) is 0.472. The Hall–Kier alpha value is -0.890. The van der Waals surface area contributed by atoms with E-state index in [1.807, 2.05) is 6.26 Å². The summed E-state index contributed by atoms with van der Waals surface area (Å²) < 4.78 is 5.43. The number of benzene rings is 1. The van der Waals surface area contributed by atoms with E-state index in [-0.39, 0.29) is 5.91 Å². The average Bonchev–Trinajstić information content (AvgIpc) is 2.91. The van der Waals surface area contributed by atoms with Crippen molar-refractivity contribution in [2.75, 3.05) is 11.6 Å². The molecule has 1 unspecified atom stereocenters. The van der Waals surface area contributed by atoms with Crippen molar-refractivity contribution in [2.24, 2.45) is 0 Å². The number of anilines is 1. The van der Waals surface area contributed by atoms with Crippen LogP contribution in [0.3, 0.4) is 0 Å². The first kappa shape index (κ1) is 17.5. The third kappa shape index (κ3) is 4.55. The zero-order valence-electron chi connectivity index (χ0n) is 11.8. The number of carbonyl (C=O) groups is 1. The van der Waals surface area contributed by atoms with Crippen LogP contribution in [0, 0.1) is 0 Å². The average molecular weight is 378 g/mol. The predicted molar refractivity (Wildman–Crippen MR) is 91.9 cm³/mol. The molecule has 0 aliphatic carbocycles. The summed E-state index contributed by atoms with van der Waals surface area (Å²) >= 11 is 14.7. The van der Waals surface area contributed by atoms with Crippen LogP contribution in [-0.4, -0.2) is 27.6 Å². The fourth-order valence-electron chi connectivity index (χ4n) is 1.51. The summed E-state index contributed by atoms with van der Waals surface area (Å²) in [6, 6.07) is 5.06. The van der Waals surface area contributed by atoms with E-state index in [9.17, 15) is 4.79 Å². The summed E-state index contributed by atoms with van der Waals surface area (Å²) in [4.78, 5) is 12.2. The van der Waals surface area contributed by atoms with E-state index in [1.165, 1.54) is 11.8 Å². The Bertz CT molecular complexity index is 666. The van der Waals surface area contributed by atoms with Gasteiger partial charge in [0.25, 0.3) is 5.22 Å². The van der Waals surface area contributed by atoms with Crippen LogP contribution < -0.4 is 5.32 Å². The molecule has 0 saturated carbocycles. The van der Waals surface area contributed by atoms with Crippen molar-refractivity contribution in [1.29, 1.82) is 0 Å². The van der Waals surface area contributed by atoms with Gasteiger partial charge in [-0.15, -0.1) is 10.2 Å². The number of hydrogen-bond acceptors (Lipinski definition) is 6. The van der Waals surface area contributed by atoms with E-state index < -0.39 is 5.25 Å². The molecule has 2 aromatic rings. The zero-order valence-corrected chi connectivity index (χ0v) is 14.9. The van der Waals surface area contributed by atoms with E-state index >= 15 is 0 Å². The number of rotatable bonds is 6. The fourth-order valence-corrected chi connectivity index (χ4v) is 2.92. The smallest absolute Gasteiger partial charge is 0.277 e. The van der Waals surface area contributed by atoms with Gasteiger partial charge in [0.2, 0.25) is 11.8 Å². The lowest BCUT2D eigenvalue weighted by Gasteiger charge is -2.11. The SMILES string of the molecule is CSCc1nnc(SC(C)C(=O)Nc2cccc(Cl)c2Cl)o1. The van der Waals surface area contributed by atoms with Gasteiger partial charge in [-0.3, -0.25) is 4.79 Å². The second-order valence-corrected chi connectivity index (χ2v) is 7.19. The lowest BCUT2D eigenvalue weighted by atomic mass is 10.3. The molecule has 0 aliphatic heterocycles. The molecule has 0 aliphatic rings. The van der Waals surface area contributed by atoms with Crippen LogP contribution in [0.4, 0.5) is 5.69 Å². The molecule has 1 atom stereocenters. The minimum absolute atomic E-state index is 0.223. The van der Waals surface area contributed by atoms with Gasteiger partial charge in [-0.05, 0) is 25.3 Å². The van der Waals surface area contributed by atoms with Gasteiger partial charge in [0.15, 0.2) is 0 Å². The van der Waals surface area contributed by atoms with Crippen molar-refractivity contribution in [1.82, 2.24) is 10.2 Å². The molecule has 0 spiro atoms. The van der Waals surface area contributed by atoms with Crippen LogP contribution >= 0.6 is 46.7 Å². The Labute approximate surface area is 146 Å². The van der Waals surface area contributed by atoms with Crippen LogP contribution in [0.2, 0.25) is 10.0 Å². The van der Waals surface area contributed by atoms with Gasteiger partial charge in [-0.1, -0.05) is 41.0 Å². The van der Waals surface area contributed by atoms with E-state index in [2.05, 4.69) is 15.5 Å². The minimum atomic E-state index is -0.419. The number of nitrogens with zero attached hydrogens (tertiary/aromatic N) is 2. The molecule has 1 aromatic heterocycles. The molecule has 2 rings (SSSR count). The lowest BCUT2D eigenvalue weighted by molar-refractivity contribution is -0.115. The van der Waals surface area contributed by atoms with E-state index in [0.29, 0.717) is 32.6 Å². The third-order valence-corrected chi connectivity index (χ3v) is 4.86. The quantitative estimate of drug-likeness (QED) is 0.754. The molecule has 22 heavy (non-hydrogen) atoms. The maximum absolute atomic E-state index is 12.2. The van der Waals surface area contributed by atoms with Crippen molar-refractivity contribution in [3.05, 3.63) is 34.1 Å². The molecule has 5 nitrogen and oxygen atoms in total. The highest BCUT2D eigenvalue weighted by molar-refractivity contribution is 8.00. The molecule has 0 saturated heterocycles. The van der Waals surface area contributed by atoms with Crippen molar-refractivity contribution in [3.63, 3.8) is 0 Å². The topological polar surface area (TPSA) is 68.0 Å². The summed E-state index contributed by atoms with van der Waals surface area (Å²) in [6.45, 7) is 1.75. The Morgan fingerprint density at radius 3 is 2.91 bits per heavy atom. The highest BCUT2D eigenvalue weighted by Crippen LogP contribution is 2.30. The molecule has 1 aromatic carbocycles. The van der Waals surface area contributed by atoms with E-state index in [4.69, 9.17) is 27.6 Å². The standard InChI is InChI=1S/C13H13Cl2N3O2S2/c1-7(22-13-18-17-10(20-13)6-21-2)12(19)16-9-5-3-4-8(14)11(9)15/h3-5,7H,6H2,1-2H3,(H,16,19).